The van der Waals surface area contributed by atoms with Gasteiger partial charge < -0.3 is 31.0 Å². The van der Waals surface area contributed by atoms with Crippen molar-refractivity contribution >= 4 is 16.1 Å². The number of phenols is 1. The number of guanidine groups is 1. The van der Waals surface area contributed by atoms with Gasteiger partial charge in [0, 0.05) is 0 Å². The van der Waals surface area contributed by atoms with Crippen LogP contribution in [0.1, 0.15) is 30.1 Å². The topological polar surface area (TPSA) is 171 Å². The van der Waals surface area contributed by atoms with Gasteiger partial charge in [-0.1, -0.05) is 36.4 Å². The zero-order valence-electron chi connectivity index (χ0n) is 17.8. The number of ether oxygens (including phenoxy) is 1. The Balaban J connectivity index is 0.00000512. The number of hydrogen-bond acceptors (Lipinski definition) is 7. The molecule has 0 bridgehead atoms. The molecule has 9 nitrogen and oxygen atoms in total. The molecule has 11 heteroatoms. The van der Waals surface area contributed by atoms with Crippen molar-refractivity contribution in [2.45, 2.75) is 30.6 Å². The number of rotatable bonds is 11. The van der Waals surface area contributed by atoms with Crippen LogP contribution in [-0.4, -0.2) is 41.1 Å². The van der Waals surface area contributed by atoms with E-state index in [1.807, 2.05) is 0 Å². The van der Waals surface area contributed by atoms with E-state index in [0.29, 0.717) is 17.7 Å². The van der Waals surface area contributed by atoms with E-state index < -0.39 is 21.5 Å². The van der Waals surface area contributed by atoms with Crippen LogP contribution < -0.4 is 45.8 Å². The van der Waals surface area contributed by atoms with E-state index in [1.54, 1.807) is 36.4 Å². The van der Waals surface area contributed by atoms with Gasteiger partial charge in [0.15, 0.2) is 12.7 Å². The second kappa shape index (κ2) is 13.5. The molecule has 0 aliphatic rings. The Hall–Kier alpha value is -2.08. The van der Waals surface area contributed by atoms with Gasteiger partial charge in [0.25, 0.3) is 0 Å². The quantitative estimate of drug-likeness (QED) is 0.101. The van der Waals surface area contributed by atoms with E-state index in [-0.39, 0.29) is 60.8 Å². The number of aryl methyl sites for hydroxylation is 1. The SMILES string of the molecule is NC(N)=NCOc1ccc(CC[C@H](C/C=C/[C@@H](O)c2ccc(O)cc2)S(=O)(=O)[O-])cc1.[Na+]. The number of phenolic OH excluding ortho intramolecular Hbond substituents is 1. The van der Waals surface area contributed by atoms with Crippen molar-refractivity contribution in [1.29, 1.82) is 0 Å². The second-order valence-electron chi connectivity index (χ2n) is 6.85. The summed E-state index contributed by atoms with van der Waals surface area (Å²) in [5.41, 5.74) is 11.8. The summed E-state index contributed by atoms with van der Waals surface area (Å²) in [7, 11) is -4.51. The Morgan fingerprint density at radius 3 is 2.31 bits per heavy atom. The summed E-state index contributed by atoms with van der Waals surface area (Å²) >= 11 is 0. The molecule has 2 atom stereocenters. The van der Waals surface area contributed by atoms with Crippen LogP contribution in [0.4, 0.5) is 0 Å². The Kier molecular flexibility index (Phi) is 11.8. The fourth-order valence-electron chi connectivity index (χ4n) is 2.78. The Bertz CT molecular complexity index is 991. The van der Waals surface area contributed by atoms with E-state index in [1.165, 1.54) is 24.3 Å². The van der Waals surface area contributed by atoms with Crippen molar-refractivity contribution in [2.24, 2.45) is 16.5 Å². The van der Waals surface area contributed by atoms with Crippen LogP contribution >= 0.6 is 0 Å². The van der Waals surface area contributed by atoms with Crippen LogP contribution in [0.15, 0.2) is 65.7 Å². The molecule has 2 aromatic carbocycles. The number of benzene rings is 2. The van der Waals surface area contributed by atoms with Gasteiger partial charge in [0.1, 0.15) is 11.5 Å². The molecule has 0 saturated carbocycles. The van der Waals surface area contributed by atoms with Crippen molar-refractivity contribution in [3.05, 3.63) is 71.8 Å². The smallest absolute Gasteiger partial charge is 0.748 e. The number of nitrogens with zero attached hydrogens (tertiary/aromatic N) is 1. The minimum absolute atomic E-state index is 0. The van der Waals surface area contributed by atoms with Crippen molar-refractivity contribution in [2.75, 3.05) is 6.73 Å². The van der Waals surface area contributed by atoms with E-state index in [2.05, 4.69) is 4.99 Å². The first-order valence-electron chi connectivity index (χ1n) is 9.50. The standard InChI is InChI=1S/C21H27N3O6S.Na/c22-21(23)24-14-30-18-11-4-15(5-12-18)6-13-19(31(27,28)29)2-1-3-20(26)16-7-9-17(25)10-8-16;/h1,3-5,7-12,19-20,25-26H,2,6,13-14H2,(H4,22,23,24)(H,27,28,29);/q;+1/p-1/b3-1+;/t19-,20+;/m0./s1. The number of nitrogens with two attached hydrogens (primary N) is 2. The molecule has 2 rings (SSSR count). The van der Waals surface area contributed by atoms with Crippen LogP contribution in [0, 0.1) is 0 Å². The molecule has 0 unspecified atom stereocenters. The van der Waals surface area contributed by atoms with E-state index in [9.17, 15) is 23.2 Å². The summed E-state index contributed by atoms with van der Waals surface area (Å²) in [6.07, 6.45) is 2.45. The predicted octanol–water partition coefficient (Wildman–Crippen LogP) is -1.47. The number of aliphatic hydroxyl groups excluding tert-OH is 1. The van der Waals surface area contributed by atoms with Crippen LogP contribution in [0.3, 0.4) is 0 Å². The molecule has 0 spiro atoms. The van der Waals surface area contributed by atoms with Crippen molar-refractivity contribution in [1.82, 2.24) is 0 Å². The second-order valence-corrected chi connectivity index (χ2v) is 8.51. The summed E-state index contributed by atoms with van der Waals surface area (Å²) in [5, 5.41) is 18.3. The van der Waals surface area contributed by atoms with Crippen molar-refractivity contribution < 1.29 is 57.5 Å². The van der Waals surface area contributed by atoms with Crippen LogP contribution in [0.25, 0.3) is 0 Å². The third-order valence-electron chi connectivity index (χ3n) is 4.52. The molecule has 6 N–H and O–H groups in total. The zero-order valence-corrected chi connectivity index (χ0v) is 20.6. The Morgan fingerprint density at radius 1 is 1.12 bits per heavy atom. The summed E-state index contributed by atoms with van der Waals surface area (Å²) in [5.74, 6) is 0.546. The molecule has 0 radical (unpaired) electrons. The third kappa shape index (κ3) is 10.0. The van der Waals surface area contributed by atoms with Gasteiger partial charge in [-0.05, 0) is 54.7 Å². The fraction of sp³-hybridized carbons (Fsp3) is 0.286. The molecule has 32 heavy (non-hydrogen) atoms. The first kappa shape index (κ1) is 28.0. The molecule has 168 valence electrons. The average molecular weight is 472 g/mol. The fourth-order valence-corrected chi connectivity index (χ4v) is 3.54. The summed E-state index contributed by atoms with van der Waals surface area (Å²) in [6, 6.07) is 12.9. The molecular weight excluding hydrogens is 445 g/mol. The van der Waals surface area contributed by atoms with Gasteiger partial charge in [-0.25, -0.2) is 13.4 Å². The largest absolute Gasteiger partial charge is 1.00 e. The molecule has 0 heterocycles. The monoisotopic (exact) mass is 471 g/mol. The minimum Gasteiger partial charge on any atom is -0.748 e. The first-order valence-corrected chi connectivity index (χ1v) is 11.0. The molecule has 2 aromatic rings. The minimum atomic E-state index is -4.51. The maximum atomic E-state index is 11.6. The van der Waals surface area contributed by atoms with Gasteiger partial charge in [-0.3, -0.25) is 0 Å². The van der Waals surface area contributed by atoms with E-state index in [4.69, 9.17) is 16.2 Å². The molecule has 0 saturated heterocycles. The Labute approximate surface area is 209 Å². The van der Waals surface area contributed by atoms with Crippen LogP contribution in [0.5, 0.6) is 11.5 Å². The van der Waals surface area contributed by atoms with Gasteiger partial charge in [-0.2, -0.15) is 0 Å². The number of aromatic hydroxyl groups is 1. The average Bonchev–Trinajstić information content (AvgIpc) is 2.70. The maximum Gasteiger partial charge on any atom is 1.00 e. The number of aliphatic hydroxyl groups is 1. The van der Waals surface area contributed by atoms with Gasteiger partial charge in [0.05, 0.1) is 21.5 Å². The van der Waals surface area contributed by atoms with Crippen molar-refractivity contribution in [3.8, 4) is 11.5 Å². The molecule has 0 aliphatic heterocycles. The molecule has 0 aromatic heterocycles. The maximum absolute atomic E-state index is 11.6. The predicted molar refractivity (Wildman–Crippen MR) is 116 cm³/mol. The van der Waals surface area contributed by atoms with Gasteiger partial charge in [-0.15, -0.1) is 0 Å². The van der Waals surface area contributed by atoms with E-state index in [0.717, 1.165) is 5.56 Å². The number of aliphatic imine (C=N–C) groups is 1. The summed E-state index contributed by atoms with van der Waals surface area (Å²) in [6.45, 7) is -0.0134. The summed E-state index contributed by atoms with van der Waals surface area (Å²) in [4.78, 5) is 3.71. The van der Waals surface area contributed by atoms with Gasteiger partial charge >= 0.3 is 29.6 Å². The van der Waals surface area contributed by atoms with Crippen LogP contribution in [0.2, 0.25) is 0 Å². The molecule has 0 aliphatic carbocycles. The summed E-state index contributed by atoms with van der Waals surface area (Å²) < 4.78 is 40.2. The Morgan fingerprint density at radius 2 is 1.75 bits per heavy atom. The molecule has 0 amide bonds. The molecular formula is C21H26N3NaO6S. The zero-order chi connectivity index (χ0) is 22.9. The number of allylic oxidation sites excluding steroid dienone is 1. The first-order chi connectivity index (χ1) is 14.6. The van der Waals surface area contributed by atoms with Crippen LogP contribution in [-0.2, 0) is 16.5 Å². The van der Waals surface area contributed by atoms with E-state index >= 15 is 0 Å². The number of hydrogen-bond donors (Lipinski definition) is 4. The van der Waals surface area contributed by atoms with Gasteiger partial charge in [0.2, 0.25) is 0 Å². The normalized spacial score (nSPS) is 13.2. The molecule has 0 fully saturated rings. The van der Waals surface area contributed by atoms with Crippen molar-refractivity contribution in [3.63, 3.8) is 0 Å². The third-order valence-corrected chi connectivity index (χ3v) is 5.76.